The van der Waals surface area contributed by atoms with Crippen LogP contribution in [0.4, 0.5) is 9.18 Å². The summed E-state index contributed by atoms with van der Waals surface area (Å²) in [5.41, 5.74) is 1.79. The van der Waals surface area contributed by atoms with Crippen LogP contribution in [0.3, 0.4) is 0 Å². The van der Waals surface area contributed by atoms with E-state index < -0.39 is 18.7 Å². The van der Waals surface area contributed by atoms with Gasteiger partial charge in [0.1, 0.15) is 13.3 Å². The Morgan fingerprint density at radius 3 is 2.62 bits per heavy atom. The van der Waals surface area contributed by atoms with Gasteiger partial charge in [-0.25, -0.2) is 14.0 Å². The molecule has 0 saturated heterocycles. The number of amides is 1. The third kappa shape index (κ3) is 5.66. The molecule has 0 aromatic rings. The topological polar surface area (TPSA) is 64.6 Å². The van der Waals surface area contributed by atoms with Crippen molar-refractivity contribution in [1.29, 1.82) is 0 Å². The van der Waals surface area contributed by atoms with Crippen molar-refractivity contribution in [2.24, 2.45) is 0 Å². The lowest BCUT2D eigenvalue weighted by Gasteiger charge is -2.04. The van der Waals surface area contributed by atoms with E-state index in [-0.39, 0.29) is 12.2 Å². The second-order valence-corrected chi connectivity index (χ2v) is 2.10. The minimum atomic E-state index is -1.02. The summed E-state index contributed by atoms with van der Waals surface area (Å²) in [6, 6.07) is 0. The zero-order valence-electron chi connectivity index (χ0n) is 7.13. The number of hydroxylamine groups is 1. The lowest BCUT2D eigenvalue weighted by Crippen LogP contribution is -2.28. The van der Waals surface area contributed by atoms with E-state index in [0.29, 0.717) is 0 Å². The largest absolute Gasteiger partial charge is 0.445 e. The minimum absolute atomic E-state index is 0.130. The fraction of sp³-hybridized carbons (Fsp3) is 0.429. The van der Waals surface area contributed by atoms with Gasteiger partial charge >= 0.3 is 12.1 Å². The molecule has 0 atom stereocenters. The van der Waals surface area contributed by atoms with Crippen molar-refractivity contribution >= 4 is 12.1 Å². The maximum absolute atomic E-state index is 11.5. The van der Waals surface area contributed by atoms with Crippen molar-refractivity contribution in [3.63, 3.8) is 0 Å². The van der Waals surface area contributed by atoms with Gasteiger partial charge in [-0.15, -0.1) is 5.48 Å². The van der Waals surface area contributed by atoms with Gasteiger partial charge in [0.15, 0.2) is 0 Å². The first-order valence-electron chi connectivity index (χ1n) is 3.43. The molecule has 74 valence electrons. The Morgan fingerprint density at radius 1 is 1.54 bits per heavy atom. The van der Waals surface area contributed by atoms with Crippen molar-refractivity contribution in [2.75, 3.05) is 13.3 Å². The number of alkyl halides is 1. The van der Waals surface area contributed by atoms with Crippen LogP contribution in [0.5, 0.6) is 0 Å². The summed E-state index contributed by atoms with van der Waals surface area (Å²) in [5, 5.41) is 0. The van der Waals surface area contributed by atoms with Crippen LogP contribution >= 0.6 is 0 Å². The molecule has 0 radical (unpaired) electrons. The van der Waals surface area contributed by atoms with Gasteiger partial charge in [-0.05, 0) is 6.92 Å². The molecule has 0 unspecified atom stereocenters. The van der Waals surface area contributed by atoms with Crippen LogP contribution in [-0.4, -0.2) is 25.3 Å². The molecule has 0 aliphatic carbocycles. The van der Waals surface area contributed by atoms with E-state index in [0.717, 1.165) is 0 Å². The lowest BCUT2D eigenvalue weighted by atomic mass is 10.4. The third-order valence-electron chi connectivity index (χ3n) is 0.886. The highest BCUT2D eigenvalue weighted by molar-refractivity contribution is 5.87. The monoisotopic (exact) mass is 191 g/mol. The van der Waals surface area contributed by atoms with Crippen molar-refractivity contribution < 1.29 is 23.6 Å². The van der Waals surface area contributed by atoms with Crippen LogP contribution in [0.2, 0.25) is 0 Å². The number of rotatable bonds is 3. The van der Waals surface area contributed by atoms with Gasteiger partial charge in [-0.3, -0.25) is 0 Å². The van der Waals surface area contributed by atoms with Crippen LogP contribution < -0.4 is 5.48 Å². The second kappa shape index (κ2) is 5.99. The molecule has 1 N–H and O–H groups in total. The number of carbonyl (C=O) groups is 2. The Bertz CT molecular complexity index is 217. The van der Waals surface area contributed by atoms with E-state index in [4.69, 9.17) is 0 Å². The molecule has 0 bridgehead atoms. The molecular formula is C7H10FNO4. The summed E-state index contributed by atoms with van der Waals surface area (Å²) >= 11 is 0. The normalized spacial score (nSPS) is 8.77. The van der Waals surface area contributed by atoms with E-state index in [1.807, 2.05) is 0 Å². The Morgan fingerprint density at radius 2 is 2.15 bits per heavy atom. The first kappa shape index (κ1) is 11.4. The Labute approximate surface area is 74.5 Å². The maximum Gasteiger partial charge on any atom is 0.440 e. The van der Waals surface area contributed by atoms with Gasteiger partial charge in [0.05, 0.1) is 0 Å². The van der Waals surface area contributed by atoms with E-state index in [9.17, 15) is 14.0 Å². The number of halogens is 1. The molecule has 0 spiro atoms. The molecule has 0 aliphatic rings. The number of carbonyl (C=O) groups excluding carboxylic acids is 2. The highest BCUT2D eigenvalue weighted by Gasteiger charge is 2.07. The molecule has 1 amide bonds. The number of ether oxygens (including phenoxy) is 1. The zero-order chi connectivity index (χ0) is 10.3. The Balaban J connectivity index is 3.58. The molecule has 0 fully saturated rings. The molecule has 5 nitrogen and oxygen atoms in total. The molecular weight excluding hydrogens is 181 g/mol. The Hall–Kier alpha value is -1.59. The lowest BCUT2D eigenvalue weighted by molar-refractivity contribution is -0.144. The number of hydrogen-bond donors (Lipinski definition) is 1. The predicted molar refractivity (Wildman–Crippen MR) is 41.4 cm³/mol. The second-order valence-electron chi connectivity index (χ2n) is 2.10. The van der Waals surface area contributed by atoms with Gasteiger partial charge in [-0.1, -0.05) is 6.58 Å². The van der Waals surface area contributed by atoms with Gasteiger partial charge in [-0.2, -0.15) is 0 Å². The molecule has 6 heteroatoms. The van der Waals surface area contributed by atoms with Crippen LogP contribution in [0, 0.1) is 0 Å². The first-order chi connectivity index (χ1) is 6.07. The fourth-order valence-corrected chi connectivity index (χ4v) is 0.336. The molecule has 0 heterocycles. The third-order valence-corrected chi connectivity index (χ3v) is 0.886. The fourth-order valence-electron chi connectivity index (χ4n) is 0.336. The molecule has 0 aromatic carbocycles. The molecule has 0 rings (SSSR count). The average molecular weight is 191 g/mol. The van der Waals surface area contributed by atoms with Crippen LogP contribution in [0.25, 0.3) is 0 Å². The molecule has 0 aliphatic heterocycles. The minimum Gasteiger partial charge on any atom is -0.445 e. The Kier molecular flexibility index (Phi) is 5.25. The van der Waals surface area contributed by atoms with Gasteiger partial charge in [0.2, 0.25) is 0 Å². The van der Waals surface area contributed by atoms with E-state index in [1.54, 1.807) is 5.48 Å². The first-order valence-corrected chi connectivity index (χ1v) is 3.43. The van der Waals surface area contributed by atoms with Crippen molar-refractivity contribution in [2.45, 2.75) is 6.92 Å². The predicted octanol–water partition coefficient (Wildman–Crippen LogP) is 0.716. The highest BCUT2D eigenvalue weighted by atomic mass is 19.1. The quantitative estimate of drug-likeness (QED) is 0.527. The standard InChI is InChI=1S/C7H10FNO4/c1-5(2)6(10)13-9-7(11)12-4-3-8/h1,3-4H2,2H3,(H,9,11). The van der Waals surface area contributed by atoms with E-state index in [1.165, 1.54) is 6.92 Å². The summed E-state index contributed by atoms with van der Waals surface area (Å²) in [4.78, 5) is 25.4. The highest BCUT2D eigenvalue weighted by Crippen LogP contribution is 1.89. The van der Waals surface area contributed by atoms with Gasteiger partial charge in [0.25, 0.3) is 0 Å². The summed E-state index contributed by atoms with van der Waals surface area (Å²) in [6.45, 7) is 3.51. The van der Waals surface area contributed by atoms with Crippen molar-refractivity contribution in [3.8, 4) is 0 Å². The zero-order valence-corrected chi connectivity index (χ0v) is 7.13. The van der Waals surface area contributed by atoms with Crippen molar-refractivity contribution in [3.05, 3.63) is 12.2 Å². The molecule has 0 aromatic heterocycles. The number of hydrogen-bond acceptors (Lipinski definition) is 4. The van der Waals surface area contributed by atoms with Crippen LogP contribution in [-0.2, 0) is 14.4 Å². The van der Waals surface area contributed by atoms with Gasteiger partial charge < -0.3 is 9.57 Å². The summed E-state index contributed by atoms with van der Waals surface area (Å²) in [6.07, 6.45) is -1.02. The number of nitrogens with one attached hydrogen (secondary N) is 1. The van der Waals surface area contributed by atoms with Crippen molar-refractivity contribution in [1.82, 2.24) is 5.48 Å². The summed E-state index contributed by atoms with van der Waals surface area (Å²) < 4.78 is 15.6. The summed E-state index contributed by atoms with van der Waals surface area (Å²) in [5.74, 6) is -0.780. The average Bonchev–Trinajstić information content (AvgIpc) is 2.10. The van der Waals surface area contributed by atoms with Crippen LogP contribution in [0.1, 0.15) is 6.92 Å². The smallest absolute Gasteiger partial charge is 0.440 e. The molecule has 13 heavy (non-hydrogen) atoms. The van der Waals surface area contributed by atoms with Gasteiger partial charge in [0, 0.05) is 5.57 Å². The van der Waals surface area contributed by atoms with E-state index in [2.05, 4.69) is 16.2 Å². The van der Waals surface area contributed by atoms with Crippen LogP contribution in [0.15, 0.2) is 12.2 Å². The maximum atomic E-state index is 11.5. The summed E-state index contributed by atoms with van der Waals surface area (Å²) in [7, 11) is 0. The van der Waals surface area contributed by atoms with E-state index >= 15 is 0 Å². The SMILES string of the molecule is C=C(C)C(=O)ONC(=O)OCCF. The molecule has 0 saturated carbocycles.